The van der Waals surface area contributed by atoms with Crippen LogP contribution in [0.3, 0.4) is 0 Å². The van der Waals surface area contributed by atoms with E-state index in [9.17, 15) is 9.59 Å². The van der Waals surface area contributed by atoms with E-state index in [-0.39, 0.29) is 24.5 Å². The van der Waals surface area contributed by atoms with Crippen molar-refractivity contribution >= 4 is 11.9 Å². The second-order valence-electron chi connectivity index (χ2n) is 4.15. The summed E-state index contributed by atoms with van der Waals surface area (Å²) in [4.78, 5) is 22.7. The first kappa shape index (κ1) is 13.8. The molecule has 1 fully saturated rings. The van der Waals surface area contributed by atoms with E-state index in [1.54, 1.807) is 7.11 Å². The summed E-state index contributed by atoms with van der Waals surface area (Å²) in [5, 5.41) is 8.01. The minimum absolute atomic E-state index is 0.00225. The highest BCUT2D eigenvalue weighted by Gasteiger charge is 2.16. The molecule has 0 heterocycles. The summed E-state index contributed by atoms with van der Waals surface area (Å²) in [6, 6.07) is 0.00495. The van der Waals surface area contributed by atoms with Crippen molar-refractivity contribution in [3.63, 3.8) is 0 Å². The van der Waals surface area contributed by atoms with E-state index in [4.69, 9.17) is 4.74 Å². The molecular formula is C11H21N3O3. The fraction of sp³-hybridized carbons (Fsp3) is 0.818. The predicted molar refractivity (Wildman–Crippen MR) is 63.7 cm³/mol. The average Bonchev–Trinajstić information content (AvgIpc) is 2.79. The lowest BCUT2D eigenvalue weighted by molar-refractivity contribution is -0.120. The number of urea groups is 1. The maximum atomic E-state index is 11.4. The van der Waals surface area contributed by atoms with Crippen LogP contribution in [0.4, 0.5) is 4.79 Å². The number of hydrogen-bond donors (Lipinski definition) is 3. The Morgan fingerprint density at radius 3 is 2.59 bits per heavy atom. The highest BCUT2D eigenvalue weighted by Crippen LogP contribution is 2.17. The molecule has 0 aliphatic heterocycles. The van der Waals surface area contributed by atoms with E-state index >= 15 is 0 Å². The number of rotatable bonds is 6. The van der Waals surface area contributed by atoms with E-state index in [2.05, 4.69) is 16.0 Å². The Hall–Kier alpha value is -1.30. The van der Waals surface area contributed by atoms with Gasteiger partial charge in [-0.25, -0.2) is 4.79 Å². The van der Waals surface area contributed by atoms with Crippen molar-refractivity contribution < 1.29 is 14.3 Å². The third-order valence-electron chi connectivity index (χ3n) is 2.73. The molecule has 1 aliphatic carbocycles. The number of ether oxygens (including phenoxy) is 1. The number of nitrogens with one attached hydrogen (secondary N) is 3. The molecule has 0 aromatic carbocycles. The van der Waals surface area contributed by atoms with Gasteiger partial charge in [0.05, 0.1) is 13.2 Å². The lowest BCUT2D eigenvalue weighted by atomic mass is 10.2. The number of carbonyl (C=O) groups excluding carboxylic acids is 2. The summed E-state index contributed by atoms with van der Waals surface area (Å²) < 4.78 is 4.79. The molecule has 0 unspecified atom stereocenters. The van der Waals surface area contributed by atoms with Gasteiger partial charge in [0.1, 0.15) is 0 Å². The topological polar surface area (TPSA) is 79.5 Å². The van der Waals surface area contributed by atoms with E-state index < -0.39 is 0 Å². The number of amides is 3. The lowest BCUT2D eigenvalue weighted by Crippen LogP contribution is -2.45. The van der Waals surface area contributed by atoms with Crippen LogP contribution < -0.4 is 16.0 Å². The highest BCUT2D eigenvalue weighted by molar-refractivity contribution is 5.83. The number of methoxy groups -OCH3 is 1. The maximum Gasteiger partial charge on any atom is 0.315 e. The second-order valence-corrected chi connectivity index (χ2v) is 4.15. The van der Waals surface area contributed by atoms with Gasteiger partial charge in [-0.1, -0.05) is 12.8 Å². The largest absolute Gasteiger partial charge is 0.383 e. The summed E-state index contributed by atoms with van der Waals surface area (Å²) in [5.41, 5.74) is 0. The quantitative estimate of drug-likeness (QED) is 0.574. The van der Waals surface area contributed by atoms with Crippen LogP contribution >= 0.6 is 0 Å². The summed E-state index contributed by atoms with van der Waals surface area (Å²) in [5.74, 6) is -0.205. The van der Waals surface area contributed by atoms with E-state index in [0.717, 1.165) is 12.8 Å². The van der Waals surface area contributed by atoms with Gasteiger partial charge in [0, 0.05) is 19.7 Å². The summed E-state index contributed by atoms with van der Waals surface area (Å²) in [7, 11) is 1.57. The van der Waals surface area contributed by atoms with E-state index in [1.807, 2.05) is 0 Å². The van der Waals surface area contributed by atoms with Gasteiger partial charge in [0.2, 0.25) is 5.91 Å². The van der Waals surface area contributed by atoms with Crippen molar-refractivity contribution in [1.29, 1.82) is 0 Å². The molecular weight excluding hydrogens is 222 g/mol. The van der Waals surface area contributed by atoms with Crippen LogP contribution in [0.25, 0.3) is 0 Å². The maximum absolute atomic E-state index is 11.4. The van der Waals surface area contributed by atoms with Gasteiger partial charge in [-0.2, -0.15) is 0 Å². The Morgan fingerprint density at radius 1 is 1.24 bits per heavy atom. The molecule has 3 amide bonds. The highest BCUT2D eigenvalue weighted by atomic mass is 16.5. The Balaban J connectivity index is 2.04. The molecule has 17 heavy (non-hydrogen) atoms. The molecule has 6 nitrogen and oxygen atoms in total. The van der Waals surface area contributed by atoms with Crippen LogP contribution in [-0.2, 0) is 9.53 Å². The van der Waals surface area contributed by atoms with Gasteiger partial charge in [-0.3, -0.25) is 4.79 Å². The van der Waals surface area contributed by atoms with Gasteiger partial charge < -0.3 is 20.7 Å². The summed E-state index contributed by atoms with van der Waals surface area (Å²) in [6.07, 6.45) is 4.41. The zero-order chi connectivity index (χ0) is 12.5. The second kappa shape index (κ2) is 7.89. The molecule has 0 aromatic heterocycles. The van der Waals surface area contributed by atoms with E-state index in [1.165, 1.54) is 12.8 Å². The van der Waals surface area contributed by atoms with Gasteiger partial charge >= 0.3 is 6.03 Å². The summed E-state index contributed by atoms with van der Waals surface area (Å²) in [6.45, 7) is 0.934. The minimum atomic E-state index is -0.265. The van der Waals surface area contributed by atoms with Gasteiger partial charge in [-0.05, 0) is 12.8 Å². The van der Waals surface area contributed by atoms with Crippen molar-refractivity contribution in [2.75, 3.05) is 26.8 Å². The smallest absolute Gasteiger partial charge is 0.315 e. The fourth-order valence-electron chi connectivity index (χ4n) is 1.82. The fourth-order valence-corrected chi connectivity index (χ4v) is 1.82. The van der Waals surface area contributed by atoms with Crippen LogP contribution in [0.15, 0.2) is 0 Å². The molecule has 0 aromatic rings. The zero-order valence-electron chi connectivity index (χ0n) is 10.3. The van der Waals surface area contributed by atoms with Crippen LogP contribution in [0.1, 0.15) is 25.7 Å². The molecule has 0 spiro atoms. The lowest BCUT2D eigenvalue weighted by Gasteiger charge is -2.12. The monoisotopic (exact) mass is 243 g/mol. The Kier molecular flexibility index (Phi) is 6.39. The van der Waals surface area contributed by atoms with Crippen molar-refractivity contribution in [3.8, 4) is 0 Å². The molecule has 1 saturated carbocycles. The van der Waals surface area contributed by atoms with Crippen LogP contribution in [0, 0.1) is 0 Å². The first-order chi connectivity index (χ1) is 8.22. The third kappa shape index (κ3) is 6.11. The van der Waals surface area contributed by atoms with Crippen LogP contribution in [-0.4, -0.2) is 44.8 Å². The SMILES string of the molecule is COCCNC(=O)CNC(=O)NC1CCCC1. The molecule has 0 atom stereocenters. The van der Waals surface area contributed by atoms with Crippen molar-refractivity contribution in [1.82, 2.24) is 16.0 Å². The average molecular weight is 243 g/mol. The molecule has 6 heteroatoms. The Labute approximate surface area is 101 Å². The van der Waals surface area contributed by atoms with Gasteiger partial charge in [0.15, 0.2) is 0 Å². The van der Waals surface area contributed by atoms with Crippen LogP contribution in [0.2, 0.25) is 0 Å². The molecule has 0 radical (unpaired) electrons. The molecule has 0 saturated heterocycles. The zero-order valence-corrected chi connectivity index (χ0v) is 10.3. The Bertz CT molecular complexity index is 252. The molecule has 3 N–H and O–H groups in total. The molecule has 1 aliphatic rings. The first-order valence-electron chi connectivity index (χ1n) is 6.02. The Morgan fingerprint density at radius 2 is 1.94 bits per heavy atom. The minimum Gasteiger partial charge on any atom is -0.383 e. The predicted octanol–water partition coefficient (Wildman–Crippen LogP) is -0.00920. The van der Waals surface area contributed by atoms with Gasteiger partial charge in [0.25, 0.3) is 0 Å². The summed E-state index contributed by atoms with van der Waals surface area (Å²) >= 11 is 0. The van der Waals surface area contributed by atoms with Gasteiger partial charge in [-0.15, -0.1) is 0 Å². The van der Waals surface area contributed by atoms with Crippen molar-refractivity contribution in [3.05, 3.63) is 0 Å². The number of carbonyl (C=O) groups is 2. The van der Waals surface area contributed by atoms with E-state index in [0.29, 0.717) is 13.2 Å². The van der Waals surface area contributed by atoms with Crippen LogP contribution in [0.5, 0.6) is 0 Å². The van der Waals surface area contributed by atoms with Crippen molar-refractivity contribution in [2.24, 2.45) is 0 Å². The van der Waals surface area contributed by atoms with Crippen molar-refractivity contribution in [2.45, 2.75) is 31.7 Å². The third-order valence-corrected chi connectivity index (χ3v) is 2.73. The molecule has 0 bridgehead atoms. The number of hydrogen-bond acceptors (Lipinski definition) is 3. The first-order valence-corrected chi connectivity index (χ1v) is 6.02. The molecule has 1 rings (SSSR count). The molecule has 98 valence electrons. The standard InChI is InChI=1S/C11H21N3O3/c1-17-7-6-12-10(15)8-13-11(16)14-9-4-2-3-5-9/h9H,2-8H2,1H3,(H,12,15)(H2,13,14,16). The normalized spacial score (nSPS) is 15.6.